The minimum absolute atomic E-state index is 0.170. The molecule has 2 aromatic rings. The zero-order valence-electron chi connectivity index (χ0n) is 14.4. The maximum atomic E-state index is 12.3. The average molecular weight is 420 g/mol. The number of halogens is 1. The predicted molar refractivity (Wildman–Crippen MR) is 101 cm³/mol. The molecule has 0 saturated carbocycles. The molecule has 2 heterocycles. The van der Waals surface area contributed by atoms with E-state index in [4.69, 9.17) is 4.74 Å². The van der Waals surface area contributed by atoms with Gasteiger partial charge in [-0.2, -0.15) is 0 Å². The van der Waals surface area contributed by atoms with Gasteiger partial charge in [-0.05, 0) is 24.3 Å². The number of rotatable bonds is 3. The maximum absolute atomic E-state index is 12.3. The van der Waals surface area contributed by atoms with Crippen molar-refractivity contribution < 1.29 is 9.53 Å². The van der Waals surface area contributed by atoms with Gasteiger partial charge >= 0.3 is 5.69 Å². The highest BCUT2D eigenvalue weighted by Gasteiger charge is 2.22. The Morgan fingerprint density at radius 3 is 2.88 bits per heavy atom. The minimum atomic E-state index is -0.447. The fourth-order valence-corrected chi connectivity index (χ4v) is 3.23. The first-order chi connectivity index (χ1) is 12.4. The normalized spacial score (nSPS) is 16.2. The molecule has 1 aliphatic rings. The number of ether oxygens (including phenoxy) is 1. The van der Waals surface area contributed by atoms with E-state index in [1.165, 1.54) is 30.0 Å². The smallest absolute Gasteiger partial charge is 0.330 e. The fraction of sp³-hybridized carbons (Fsp3) is 0.278. The Balaban J connectivity index is 1.79. The van der Waals surface area contributed by atoms with Crippen molar-refractivity contribution in [2.24, 2.45) is 14.1 Å². The molecular weight excluding hydrogens is 402 g/mol. The van der Waals surface area contributed by atoms with E-state index >= 15 is 0 Å². The molecule has 1 unspecified atom stereocenters. The third-order valence-electron chi connectivity index (χ3n) is 4.22. The third kappa shape index (κ3) is 3.65. The predicted octanol–water partition coefficient (Wildman–Crippen LogP) is 1.50. The second-order valence-corrected chi connectivity index (χ2v) is 6.97. The van der Waals surface area contributed by atoms with Crippen LogP contribution in [0.2, 0.25) is 0 Å². The second-order valence-electron chi connectivity index (χ2n) is 6.06. The summed E-state index contributed by atoms with van der Waals surface area (Å²) < 4.78 is 8.81. The van der Waals surface area contributed by atoms with Crippen LogP contribution < -0.4 is 21.3 Å². The van der Waals surface area contributed by atoms with E-state index < -0.39 is 11.2 Å². The summed E-state index contributed by atoms with van der Waals surface area (Å²) in [5, 5.41) is 2.93. The molecule has 1 aromatic heterocycles. The number of nitrogens with one attached hydrogen (secondary N) is 1. The van der Waals surface area contributed by atoms with Gasteiger partial charge in [0.25, 0.3) is 5.56 Å². The lowest BCUT2D eigenvalue weighted by Gasteiger charge is -2.26. The molecule has 26 heavy (non-hydrogen) atoms. The van der Waals surface area contributed by atoms with E-state index in [-0.39, 0.29) is 17.5 Å². The van der Waals surface area contributed by atoms with Crippen molar-refractivity contribution in [1.82, 2.24) is 14.5 Å². The maximum Gasteiger partial charge on any atom is 0.330 e. The van der Waals surface area contributed by atoms with E-state index in [1.54, 1.807) is 7.05 Å². The van der Waals surface area contributed by atoms with E-state index in [1.807, 2.05) is 18.2 Å². The van der Waals surface area contributed by atoms with Gasteiger partial charge in [-0.25, -0.2) is 4.79 Å². The van der Waals surface area contributed by atoms with Crippen LogP contribution in [-0.4, -0.2) is 21.6 Å². The van der Waals surface area contributed by atoms with E-state index in [0.717, 1.165) is 20.4 Å². The molecule has 0 aliphatic carbocycles. The van der Waals surface area contributed by atoms with Crippen molar-refractivity contribution in [1.29, 1.82) is 0 Å². The highest BCUT2D eigenvalue weighted by molar-refractivity contribution is 9.10. The molecule has 0 spiro atoms. The Kier molecular flexibility index (Phi) is 5.13. The molecule has 7 nitrogen and oxygen atoms in total. The highest BCUT2D eigenvalue weighted by atomic mass is 79.9. The van der Waals surface area contributed by atoms with Crippen LogP contribution in [0.25, 0.3) is 6.08 Å². The van der Waals surface area contributed by atoms with Crippen molar-refractivity contribution in [2.75, 3.05) is 6.61 Å². The van der Waals surface area contributed by atoms with Gasteiger partial charge < -0.3 is 14.6 Å². The number of aryl methyl sites for hydroxylation is 1. The first-order valence-electron chi connectivity index (χ1n) is 8.04. The lowest BCUT2D eigenvalue weighted by atomic mass is 10.0. The molecule has 3 rings (SSSR count). The molecule has 1 aromatic carbocycles. The fourth-order valence-electron chi connectivity index (χ4n) is 2.85. The van der Waals surface area contributed by atoms with E-state index in [2.05, 4.69) is 21.2 Å². The Morgan fingerprint density at radius 2 is 2.12 bits per heavy atom. The van der Waals surface area contributed by atoms with Crippen molar-refractivity contribution in [3.8, 4) is 5.75 Å². The van der Waals surface area contributed by atoms with Gasteiger partial charge in [0.2, 0.25) is 5.91 Å². The number of fused-ring (bicyclic) bond motifs is 1. The minimum Gasteiger partial charge on any atom is -0.493 e. The SMILES string of the molecule is Cn1cc(/C=C/C(=O)NC2CCOc3ccc(Br)cc32)c(=O)n(C)c1=O. The third-order valence-corrected chi connectivity index (χ3v) is 4.71. The molecule has 0 saturated heterocycles. The van der Waals surface area contributed by atoms with Gasteiger partial charge in [0.1, 0.15) is 5.75 Å². The highest BCUT2D eigenvalue weighted by Crippen LogP contribution is 2.34. The van der Waals surface area contributed by atoms with Crippen molar-refractivity contribution in [3.63, 3.8) is 0 Å². The molecule has 0 bridgehead atoms. The Hall–Kier alpha value is -2.61. The van der Waals surface area contributed by atoms with Crippen LogP contribution in [0, 0.1) is 0 Å². The second kappa shape index (κ2) is 7.33. The first kappa shape index (κ1) is 18.2. The van der Waals surface area contributed by atoms with Crippen LogP contribution >= 0.6 is 15.9 Å². The monoisotopic (exact) mass is 419 g/mol. The van der Waals surface area contributed by atoms with Gasteiger partial charge in [0.05, 0.1) is 18.2 Å². The van der Waals surface area contributed by atoms with Gasteiger partial charge in [0, 0.05) is 42.8 Å². The standard InChI is InChI=1S/C18H18BrN3O4/c1-21-10-11(17(24)22(2)18(21)25)3-6-16(23)20-14-7-8-26-15-5-4-12(19)9-13(14)15/h3-6,9-10,14H,7-8H2,1-2H3,(H,20,23)/b6-3+. The molecular formula is C18H18BrN3O4. The summed E-state index contributed by atoms with van der Waals surface area (Å²) in [6, 6.07) is 5.50. The molecule has 8 heteroatoms. The summed E-state index contributed by atoms with van der Waals surface area (Å²) in [7, 11) is 2.95. The zero-order valence-corrected chi connectivity index (χ0v) is 15.9. The van der Waals surface area contributed by atoms with E-state index in [9.17, 15) is 14.4 Å². The summed E-state index contributed by atoms with van der Waals surface area (Å²) in [6.45, 7) is 0.518. The zero-order chi connectivity index (χ0) is 18.8. The van der Waals surface area contributed by atoms with Crippen LogP contribution in [0.5, 0.6) is 5.75 Å². The largest absolute Gasteiger partial charge is 0.493 e. The molecule has 1 atom stereocenters. The Bertz CT molecular complexity index is 1010. The number of carbonyl (C=O) groups excluding carboxylic acids is 1. The molecule has 0 radical (unpaired) electrons. The number of aromatic nitrogens is 2. The van der Waals surface area contributed by atoms with Crippen LogP contribution in [0.15, 0.2) is 44.5 Å². The Morgan fingerprint density at radius 1 is 1.35 bits per heavy atom. The van der Waals surface area contributed by atoms with Crippen LogP contribution in [0.3, 0.4) is 0 Å². The number of carbonyl (C=O) groups is 1. The summed E-state index contributed by atoms with van der Waals surface area (Å²) in [6.07, 6.45) is 4.78. The number of amides is 1. The molecule has 0 fully saturated rings. The van der Waals surface area contributed by atoms with Crippen LogP contribution in [0.1, 0.15) is 23.6 Å². The molecule has 1 aliphatic heterocycles. The molecule has 1 N–H and O–H groups in total. The number of nitrogens with zero attached hydrogens (tertiary/aromatic N) is 2. The number of hydrogen-bond acceptors (Lipinski definition) is 4. The lowest BCUT2D eigenvalue weighted by Crippen LogP contribution is -2.37. The van der Waals surface area contributed by atoms with Crippen LogP contribution in [-0.2, 0) is 18.9 Å². The Labute approximate surface area is 158 Å². The topological polar surface area (TPSA) is 82.3 Å². The number of benzene rings is 1. The lowest BCUT2D eigenvalue weighted by molar-refractivity contribution is -0.117. The van der Waals surface area contributed by atoms with Gasteiger partial charge in [0.15, 0.2) is 0 Å². The van der Waals surface area contributed by atoms with Crippen molar-refractivity contribution in [2.45, 2.75) is 12.5 Å². The summed E-state index contributed by atoms with van der Waals surface area (Å²) >= 11 is 3.43. The first-order valence-corrected chi connectivity index (χ1v) is 8.83. The number of hydrogen-bond donors (Lipinski definition) is 1. The van der Waals surface area contributed by atoms with E-state index in [0.29, 0.717) is 13.0 Å². The van der Waals surface area contributed by atoms with Gasteiger partial charge in [-0.1, -0.05) is 15.9 Å². The average Bonchev–Trinajstić information content (AvgIpc) is 2.62. The summed E-state index contributed by atoms with van der Waals surface area (Å²) in [4.78, 5) is 36.1. The molecule has 1 amide bonds. The van der Waals surface area contributed by atoms with Gasteiger partial charge in [-0.3, -0.25) is 14.2 Å². The van der Waals surface area contributed by atoms with Gasteiger partial charge in [-0.15, -0.1) is 0 Å². The summed E-state index contributed by atoms with van der Waals surface area (Å²) in [5.74, 6) is 0.430. The van der Waals surface area contributed by atoms with Crippen molar-refractivity contribution >= 4 is 27.9 Å². The quantitative estimate of drug-likeness (QED) is 0.764. The summed E-state index contributed by atoms with van der Waals surface area (Å²) in [5.41, 5.74) is 0.309. The van der Waals surface area contributed by atoms with Crippen molar-refractivity contribution in [3.05, 3.63) is 66.9 Å². The van der Waals surface area contributed by atoms with Crippen LogP contribution in [0.4, 0.5) is 0 Å². The molecule has 136 valence electrons.